The number of para-hydroxylation sites is 1. The van der Waals surface area contributed by atoms with Gasteiger partial charge in [0.05, 0.1) is 17.2 Å². The maximum absolute atomic E-state index is 12.9. The van der Waals surface area contributed by atoms with Gasteiger partial charge < -0.3 is 20.5 Å². The summed E-state index contributed by atoms with van der Waals surface area (Å²) in [7, 11) is 0. The van der Waals surface area contributed by atoms with Crippen molar-refractivity contribution in [2.75, 3.05) is 10.6 Å². The Bertz CT molecular complexity index is 730. The number of rotatable bonds is 3. The average molecular weight is 339 g/mol. The van der Waals surface area contributed by atoms with Crippen LogP contribution in [0.3, 0.4) is 0 Å². The summed E-state index contributed by atoms with van der Waals surface area (Å²) in [6, 6.07) is 10.4. The highest BCUT2D eigenvalue weighted by Gasteiger charge is 2.33. The van der Waals surface area contributed by atoms with E-state index in [-0.39, 0.29) is 16.4 Å². The molecule has 0 unspecified atom stereocenters. The molecule has 0 saturated carbocycles. The van der Waals surface area contributed by atoms with Crippen molar-refractivity contribution in [2.24, 2.45) is 0 Å². The topological polar surface area (TPSA) is 64.2 Å². The molecule has 2 rings (SSSR count). The third-order valence-corrected chi connectivity index (χ3v) is 3.06. The summed E-state index contributed by atoms with van der Waals surface area (Å²) < 4.78 is 38.6. The quantitative estimate of drug-likeness (QED) is 0.842. The van der Waals surface area contributed by atoms with Crippen LogP contribution < -0.4 is 15.7 Å². The first-order chi connectivity index (χ1) is 10.8. The van der Waals surface area contributed by atoms with Crippen LogP contribution in [-0.2, 0) is 6.18 Å². The van der Waals surface area contributed by atoms with Gasteiger partial charge in [0.1, 0.15) is 0 Å². The molecule has 0 radical (unpaired) electrons. The Kier molecular flexibility index (Phi) is 4.85. The number of hydrogen-bond donors (Lipinski definition) is 2. The minimum Gasteiger partial charge on any atom is -0.545 e. The van der Waals surface area contributed by atoms with Crippen molar-refractivity contribution in [1.29, 1.82) is 0 Å². The van der Waals surface area contributed by atoms with Crippen molar-refractivity contribution in [1.82, 2.24) is 0 Å². The molecule has 0 bridgehead atoms. The zero-order valence-corrected chi connectivity index (χ0v) is 12.3. The first-order valence-electron chi connectivity index (χ1n) is 6.33. The van der Waals surface area contributed by atoms with E-state index < -0.39 is 17.7 Å². The molecule has 0 heterocycles. The molecular formula is C15H10F3N2O2S-. The van der Waals surface area contributed by atoms with E-state index in [9.17, 15) is 23.1 Å². The molecule has 0 saturated heterocycles. The number of carboxylic acids is 1. The van der Waals surface area contributed by atoms with Crippen LogP contribution in [0.4, 0.5) is 24.5 Å². The highest BCUT2D eigenvalue weighted by Crippen LogP contribution is 2.34. The Morgan fingerprint density at radius 3 is 2.17 bits per heavy atom. The van der Waals surface area contributed by atoms with E-state index in [2.05, 4.69) is 10.6 Å². The smallest absolute Gasteiger partial charge is 0.418 e. The summed E-state index contributed by atoms with van der Waals surface area (Å²) in [6.07, 6.45) is -4.50. The third-order valence-electron chi connectivity index (χ3n) is 2.86. The Hall–Kier alpha value is -2.61. The lowest BCUT2D eigenvalue weighted by Crippen LogP contribution is -2.23. The van der Waals surface area contributed by atoms with Crippen molar-refractivity contribution >= 4 is 34.7 Å². The molecule has 0 fully saturated rings. The van der Waals surface area contributed by atoms with Gasteiger partial charge in [-0.2, -0.15) is 13.2 Å². The van der Waals surface area contributed by atoms with Gasteiger partial charge in [-0.15, -0.1) is 0 Å². The van der Waals surface area contributed by atoms with Crippen LogP contribution >= 0.6 is 12.2 Å². The predicted molar refractivity (Wildman–Crippen MR) is 82.1 cm³/mol. The van der Waals surface area contributed by atoms with Crippen molar-refractivity contribution in [3.05, 3.63) is 59.7 Å². The third kappa shape index (κ3) is 4.43. The van der Waals surface area contributed by atoms with E-state index in [0.717, 1.165) is 6.07 Å². The molecule has 0 aromatic heterocycles. The Morgan fingerprint density at radius 2 is 1.61 bits per heavy atom. The van der Waals surface area contributed by atoms with Crippen molar-refractivity contribution in [3.8, 4) is 0 Å². The number of benzene rings is 2. The van der Waals surface area contributed by atoms with Gasteiger partial charge >= 0.3 is 6.18 Å². The van der Waals surface area contributed by atoms with Gasteiger partial charge in [0, 0.05) is 5.69 Å². The lowest BCUT2D eigenvalue weighted by molar-refractivity contribution is -0.255. The summed E-state index contributed by atoms with van der Waals surface area (Å²) in [6.45, 7) is 0. The lowest BCUT2D eigenvalue weighted by atomic mass is 10.1. The number of carbonyl (C=O) groups is 1. The number of carbonyl (C=O) groups excluding carboxylic acids is 1. The number of aromatic carboxylic acids is 1. The number of nitrogens with one attached hydrogen (secondary N) is 2. The maximum Gasteiger partial charge on any atom is 0.418 e. The molecular weight excluding hydrogens is 329 g/mol. The molecule has 4 nitrogen and oxygen atoms in total. The minimum atomic E-state index is -4.50. The second-order valence-electron chi connectivity index (χ2n) is 4.49. The van der Waals surface area contributed by atoms with E-state index in [1.807, 2.05) is 0 Å². The predicted octanol–water partition coefficient (Wildman–Crippen LogP) is 2.88. The highest BCUT2D eigenvalue weighted by atomic mass is 32.1. The summed E-state index contributed by atoms with van der Waals surface area (Å²) in [4.78, 5) is 10.6. The van der Waals surface area contributed by atoms with Crippen molar-refractivity contribution < 1.29 is 23.1 Å². The van der Waals surface area contributed by atoms with Crippen LogP contribution in [0.2, 0.25) is 0 Å². The van der Waals surface area contributed by atoms with E-state index in [1.165, 1.54) is 42.5 Å². The zero-order chi connectivity index (χ0) is 17.0. The fourth-order valence-electron chi connectivity index (χ4n) is 1.81. The number of hydrogen-bond acceptors (Lipinski definition) is 3. The van der Waals surface area contributed by atoms with Crippen LogP contribution in [0, 0.1) is 0 Å². The van der Waals surface area contributed by atoms with Crippen LogP contribution in [0.25, 0.3) is 0 Å². The molecule has 120 valence electrons. The summed E-state index contributed by atoms with van der Waals surface area (Å²) in [5, 5.41) is 15.7. The summed E-state index contributed by atoms with van der Waals surface area (Å²) in [5.41, 5.74) is -0.603. The average Bonchev–Trinajstić information content (AvgIpc) is 2.47. The number of carboxylic acid groups (broad SMARTS) is 1. The van der Waals surface area contributed by atoms with Gasteiger partial charge in [-0.05, 0) is 42.0 Å². The van der Waals surface area contributed by atoms with E-state index >= 15 is 0 Å². The van der Waals surface area contributed by atoms with Gasteiger partial charge in [-0.3, -0.25) is 0 Å². The number of alkyl halides is 3. The van der Waals surface area contributed by atoms with Gasteiger partial charge in [-0.1, -0.05) is 24.3 Å². The Morgan fingerprint density at radius 1 is 1.00 bits per heavy atom. The first-order valence-corrected chi connectivity index (χ1v) is 6.74. The monoisotopic (exact) mass is 339 g/mol. The normalized spacial score (nSPS) is 10.9. The van der Waals surface area contributed by atoms with Crippen molar-refractivity contribution in [2.45, 2.75) is 6.18 Å². The number of thiocarbonyl (C=S) groups is 1. The highest BCUT2D eigenvalue weighted by molar-refractivity contribution is 7.80. The molecule has 23 heavy (non-hydrogen) atoms. The van der Waals surface area contributed by atoms with Crippen LogP contribution in [0.1, 0.15) is 15.9 Å². The molecule has 0 spiro atoms. The molecule has 2 aromatic carbocycles. The largest absolute Gasteiger partial charge is 0.545 e. The summed E-state index contributed by atoms with van der Waals surface area (Å²) in [5.74, 6) is -1.32. The van der Waals surface area contributed by atoms with E-state index in [1.54, 1.807) is 0 Å². The standard InChI is InChI=1S/C15H11F3N2O2S/c16-15(17,18)11-3-1-2-4-12(11)20-14(23)19-10-7-5-9(6-8-10)13(21)22/h1-8H,(H,21,22)(H2,19,20,23)/p-1. The Labute approximate surface area is 134 Å². The van der Waals surface area contributed by atoms with Crippen molar-refractivity contribution in [3.63, 3.8) is 0 Å². The van der Waals surface area contributed by atoms with Gasteiger partial charge in [0.25, 0.3) is 0 Å². The fourth-order valence-corrected chi connectivity index (χ4v) is 2.04. The molecule has 0 aliphatic carbocycles. The molecule has 0 aliphatic rings. The molecule has 0 aliphatic heterocycles. The van der Waals surface area contributed by atoms with Crippen LogP contribution in [0.15, 0.2) is 48.5 Å². The van der Waals surface area contributed by atoms with Crippen LogP contribution in [0.5, 0.6) is 0 Å². The van der Waals surface area contributed by atoms with E-state index in [4.69, 9.17) is 12.2 Å². The Balaban J connectivity index is 2.10. The van der Waals surface area contributed by atoms with Gasteiger partial charge in [0.2, 0.25) is 0 Å². The fraction of sp³-hybridized carbons (Fsp3) is 0.0667. The molecule has 0 atom stereocenters. The lowest BCUT2D eigenvalue weighted by Gasteiger charge is -2.16. The maximum atomic E-state index is 12.9. The molecule has 2 N–H and O–H groups in total. The zero-order valence-electron chi connectivity index (χ0n) is 11.5. The second kappa shape index (κ2) is 6.66. The summed E-state index contributed by atoms with van der Waals surface area (Å²) >= 11 is 4.97. The first kappa shape index (κ1) is 16.8. The second-order valence-corrected chi connectivity index (χ2v) is 4.90. The van der Waals surface area contributed by atoms with Gasteiger partial charge in [0.15, 0.2) is 5.11 Å². The minimum absolute atomic E-state index is 0.0168. The van der Waals surface area contributed by atoms with Gasteiger partial charge in [-0.25, -0.2) is 0 Å². The molecule has 2 aromatic rings. The van der Waals surface area contributed by atoms with Crippen LogP contribution in [-0.4, -0.2) is 11.1 Å². The number of halogens is 3. The molecule has 8 heteroatoms. The van der Waals surface area contributed by atoms with E-state index in [0.29, 0.717) is 5.69 Å². The SMILES string of the molecule is O=C([O-])c1ccc(NC(=S)Nc2ccccc2C(F)(F)F)cc1. The number of anilines is 2. The molecule has 0 amide bonds.